The van der Waals surface area contributed by atoms with E-state index in [-0.39, 0.29) is 11.9 Å². The number of benzene rings is 1. The van der Waals surface area contributed by atoms with E-state index in [1.54, 1.807) is 23.1 Å². The van der Waals surface area contributed by atoms with Crippen molar-refractivity contribution in [2.75, 3.05) is 6.54 Å². The third-order valence-electron chi connectivity index (χ3n) is 5.21. The molecule has 4 heterocycles. The molecule has 1 aromatic carbocycles. The number of halogens is 2. The molecule has 0 spiro atoms. The van der Waals surface area contributed by atoms with Crippen LogP contribution < -0.4 is 0 Å². The standard InChI is InChI=1S/C20H16Cl2N6O/c1-12-18-23-24-19(17-11-14-4-2-3-7-28(14)25-17)27(18)9-8-26(12)20(29)13-5-6-15(21)16(22)10-13/h2-7,10-12H,8-9H2,1H3. The quantitative estimate of drug-likeness (QED) is 0.483. The second-order valence-corrected chi connectivity index (χ2v) is 7.75. The Kier molecular flexibility index (Phi) is 4.29. The fourth-order valence-electron chi connectivity index (χ4n) is 3.69. The molecule has 7 nitrogen and oxygen atoms in total. The van der Waals surface area contributed by atoms with Crippen LogP contribution in [0, 0.1) is 0 Å². The first-order chi connectivity index (χ1) is 14.0. The minimum atomic E-state index is -0.232. The lowest BCUT2D eigenvalue weighted by Gasteiger charge is -2.33. The fraction of sp³-hybridized carbons (Fsp3) is 0.200. The maximum Gasteiger partial charge on any atom is 0.254 e. The summed E-state index contributed by atoms with van der Waals surface area (Å²) in [6.45, 7) is 3.07. The van der Waals surface area contributed by atoms with Crippen molar-refractivity contribution in [1.29, 1.82) is 0 Å². The van der Waals surface area contributed by atoms with Crippen molar-refractivity contribution in [3.63, 3.8) is 0 Å². The van der Waals surface area contributed by atoms with Gasteiger partial charge in [-0.3, -0.25) is 4.79 Å². The van der Waals surface area contributed by atoms with Gasteiger partial charge in [-0.05, 0) is 43.3 Å². The Morgan fingerprint density at radius 2 is 1.93 bits per heavy atom. The number of hydrogen-bond acceptors (Lipinski definition) is 4. The van der Waals surface area contributed by atoms with Gasteiger partial charge in [-0.1, -0.05) is 29.3 Å². The Balaban J connectivity index is 1.47. The lowest BCUT2D eigenvalue weighted by atomic mass is 10.1. The molecule has 3 aromatic heterocycles. The summed E-state index contributed by atoms with van der Waals surface area (Å²) in [6.07, 6.45) is 1.90. The van der Waals surface area contributed by atoms with Gasteiger partial charge in [0.1, 0.15) is 5.69 Å². The van der Waals surface area contributed by atoms with Crippen molar-refractivity contribution in [3.05, 3.63) is 70.1 Å². The lowest BCUT2D eigenvalue weighted by molar-refractivity contribution is 0.0638. The Bertz CT molecular complexity index is 1210. The number of nitrogens with zero attached hydrogens (tertiary/aromatic N) is 6. The van der Waals surface area contributed by atoms with Gasteiger partial charge < -0.3 is 9.47 Å². The lowest BCUT2D eigenvalue weighted by Crippen LogP contribution is -2.41. The topological polar surface area (TPSA) is 68.3 Å². The van der Waals surface area contributed by atoms with Gasteiger partial charge in [-0.2, -0.15) is 5.10 Å². The van der Waals surface area contributed by atoms with E-state index in [9.17, 15) is 4.79 Å². The molecule has 0 fully saturated rings. The van der Waals surface area contributed by atoms with Crippen LogP contribution in [0.15, 0.2) is 48.7 Å². The third-order valence-corrected chi connectivity index (χ3v) is 5.95. The fourth-order valence-corrected chi connectivity index (χ4v) is 3.99. The number of amides is 1. The van der Waals surface area contributed by atoms with Crippen molar-refractivity contribution in [2.24, 2.45) is 0 Å². The van der Waals surface area contributed by atoms with Crippen LogP contribution >= 0.6 is 23.2 Å². The predicted octanol–water partition coefficient (Wildman–Crippen LogP) is 4.12. The Morgan fingerprint density at radius 1 is 1.07 bits per heavy atom. The Hall–Kier alpha value is -2.90. The first-order valence-electron chi connectivity index (χ1n) is 9.17. The monoisotopic (exact) mass is 426 g/mol. The van der Waals surface area contributed by atoms with E-state index in [0.29, 0.717) is 34.5 Å². The van der Waals surface area contributed by atoms with E-state index in [4.69, 9.17) is 23.2 Å². The molecule has 1 atom stereocenters. The SMILES string of the molecule is CC1c2nnc(-c3cc4ccccn4n3)n2CCN1C(=O)c1ccc(Cl)c(Cl)c1. The van der Waals surface area contributed by atoms with E-state index < -0.39 is 0 Å². The van der Waals surface area contributed by atoms with Crippen LogP contribution in [0.4, 0.5) is 0 Å². The van der Waals surface area contributed by atoms with Crippen molar-refractivity contribution >= 4 is 34.6 Å². The molecule has 0 saturated heterocycles. The highest BCUT2D eigenvalue weighted by Gasteiger charge is 2.32. The van der Waals surface area contributed by atoms with Crippen LogP contribution in [0.1, 0.15) is 29.1 Å². The Labute approximate surface area is 176 Å². The molecule has 1 aliphatic rings. The number of hydrogen-bond donors (Lipinski definition) is 0. The molecule has 0 saturated carbocycles. The molecule has 1 unspecified atom stereocenters. The molecular weight excluding hydrogens is 411 g/mol. The molecule has 0 N–H and O–H groups in total. The molecule has 0 radical (unpaired) electrons. The van der Waals surface area contributed by atoms with Crippen LogP contribution in [-0.4, -0.2) is 41.7 Å². The zero-order valence-electron chi connectivity index (χ0n) is 15.5. The highest BCUT2D eigenvalue weighted by atomic mass is 35.5. The van der Waals surface area contributed by atoms with E-state index in [0.717, 1.165) is 17.0 Å². The predicted molar refractivity (Wildman–Crippen MR) is 110 cm³/mol. The zero-order chi connectivity index (χ0) is 20.1. The van der Waals surface area contributed by atoms with E-state index in [1.165, 1.54) is 0 Å². The van der Waals surface area contributed by atoms with Crippen molar-refractivity contribution in [1.82, 2.24) is 29.3 Å². The summed E-state index contributed by atoms with van der Waals surface area (Å²) in [6, 6.07) is 12.6. The summed E-state index contributed by atoms with van der Waals surface area (Å²) in [5.74, 6) is 1.33. The van der Waals surface area contributed by atoms with Crippen molar-refractivity contribution < 1.29 is 4.79 Å². The van der Waals surface area contributed by atoms with Crippen molar-refractivity contribution in [3.8, 4) is 11.5 Å². The molecule has 9 heteroatoms. The second-order valence-electron chi connectivity index (χ2n) is 6.94. The average molecular weight is 427 g/mol. The third kappa shape index (κ3) is 2.97. The van der Waals surface area contributed by atoms with Crippen LogP contribution in [0.3, 0.4) is 0 Å². The van der Waals surface area contributed by atoms with Crippen LogP contribution in [0.2, 0.25) is 10.0 Å². The molecule has 29 heavy (non-hydrogen) atoms. The van der Waals surface area contributed by atoms with Crippen LogP contribution in [0.5, 0.6) is 0 Å². The number of carbonyl (C=O) groups excluding carboxylic acids is 1. The van der Waals surface area contributed by atoms with Gasteiger partial charge in [-0.15, -0.1) is 10.2 Å². The summed E-state index contributed by atoms with van der Waals surface area (Å²) in [5.41, 5.74) is 2.24. The molecule has 1 aliphatic heterocycles. The highest BCUT2D eigenvalue weighted by Crippen LogP contribution is 2.30. The summed E-state index contributed by atoms with van der Waals surface area (Å²) < 4.78 is 3.84. The minimum absolute atomic E-state index is 0.111. The first-order valence-corrected chi connectivity index (χ1v) is 9.92. The maximum atomic E-state index is 13.0. The number of carbonyl (C=O) groups is 1. The highest BCUT2D eigenvalue weighted by molar-refractivity contribution is 6.42. The van der Waals surface area contributed by atoms with Gasteiger partial charge >= 0.3 is 0 Å². The van der Waals surface area contributed by atoms with Crippen LogP contribution in [0.25, 0.3) is 17.0 Å². The normalized spacial score (nSPS) is 16.2. The molecule has 4 aromatic rings. The van der Waals surface area contributed by atoms with Gasteiger partial charge in [0.05, 0.1) is 21.6 Å². The molecular formula is C20H16Cl2N6O. The minimum Gasteiger partial charge on any atom is -0.327 e. The van der Waals surface area contributed by atoms with Crippen molar-refractivity contribution in [2.45, 2.75) is 19.5 Å². The summed E-state index contributed by atoms with van der Waals surface area (Å²) in [7, 11) is 0. The molecule has 0 aliphatic carbocycles. The summed E-state index contributed by atoms with van der Waals surface area (Å²) in [4.78, 5) is 14.8. The zero-order valence-corrected chi connectivity index (χ0v) is 17.0. The molecule has 5 rings (SSSR count). The van der Waals surface area contributed by atoms with E-state index in [2.05, 4.69) is 15.3 Å². The van der Waals surface area contributed by atoms with Gasteiger partial charge in [0.15, 0.2) is 11.6 Å². The van der Waals surface area contributed by atoms with E-state index in [1.807, 2.05) is 46.5 Å². The number of rotatable bonds is 2. The first kappa shape index (κ1) is 18.1. The van der Waals surface area contributed by atoms with Gasteiger partial charge in [-0.25, -0.2) is 4.52 Å². The van der Waals surface area contributed by atoms with Crippen LogP contribution in [-0.2, 0) is 6.54 Å². The smallest absolute Gasteiger partial charge is 0.254 e. The average Bonchev–Trinajstić information content (AvgIpc) is 3.34. The van der Waals surface area contributed by atoms with Gasteiger partial charge in [0, 0.05) is 24.8 Å². The molecule has 0 bridgehead atoms. The largest absolute Gasteiger partial charge is 0.327 e. The number of aromatic nitrogens is 5. The van der Waals surface area contributed by atoms with Gasteiger partial charge in [0.25, 0.3) is 5.91 Å². The number of fused-ring (bicyclic) bond motifs is 2. The van der Waals surface area contributed by atoms with E-state index >= 15 is 0 Å². The number of pyridine rings is 1. The molecule has 146 valence electrons. The Morgan fingerprint density at radius 3 is 2.72 bits per heavy atom. The summed E-state index contributed by atoms with van der Waals surface area (Å²) in [5, 5.41) is 14.1. The van der Waals surface area contributed by atoms with Gasteiger partial charge in [0.2, 0.25) is 0 Å². The second kappa shape index (κ2) is 6.86. The molecule has 1 amide bonds. The summed E-state index contributed by atoms with van der Waals surface area (Å²) >= 11 is 12.1. The maximum absolute atomic E-state index is 13.0.